The van der Waals surface area contributed by atoms with Crippen molar-refractivity contribution in [3.63, 3.8) is 0 Å². The molecule has 3 rings (SSSR count). The van der Waals surface area contributed by atoms with Gasteiger partial charge in [-0.15, -0.1) is 0 Å². The van der Waals surface area contributed by atoms with E-state index in [1.165, 1.54) is 0 Å². The smallest absolute Gasteiger partial charge is 0.409 e. The molecule has 2 aliphatic rings. The summed E-state index contributed by atoms with van der Waals surface area (Å²) < 4.78 is 22.2. The second-order valence-electron chi connectivity index (χ2n) is 10.7. The van der Waals surface area contributed by atoms with Gasteiger partial charge in [-0.3, -0.25) is 4.79 Å². The molecular weight excluding hydrogens is 486 g/mol. The Hall–Kier alpha value is -2.36. The average Bonchev–Trinajstić information content (AvgIpc) is 3.59. The number of methoxy groups -OCH3 is 1. The van der Waals surface area contributed by atoms with Crippen LogP contribution in [0.5, 0.6) is 5.75 Å². The second kappa shape index (κ2) is 15.3. The number of benzene rings is 1. The Labute approximate surface area is 228 Å². The monoisotopic (exact) mass is 533 g/mol. The van der Waals surface area contributed by atoms with Gasteiger partial charge in [-0.25, -0.2) is 4.79 Å². The molecule has 2 amide bonds. The summed E-state index contributed by atoms with van der Waals surface area (Å²) in [6.45, 7) is 11.2. The van der Waals surface area contributed by atoms with Gasteiger partial charge in [0.25, 0.3) is 5.91 Å². The van der Waals surface area contributed by atoms with Gasteiger partial charge in [0.1, 0.15) is 12.4 Å². The number of nitrogens with one attached hydrogen (secondary N) is 1. The van der Waals surface area contributed by atoms with Gasteiger partial charge in [0.2, 0.25) is 0 Å². The van der Waals surface area contributed by atoms with Crippen molar-refractivity contribution in [2.45, 2.75) is 58.6 Å². The maximum Gasteiger partial charge on any atom is 0.409 e. The quantitative estimate of drug-likeness (QED) is 0.366. The standard InChI is InChI=1S/C29H47N3O6/c1-6-22-10-11-23(15-27(22)37-14-8-12-35-5)28(33)32(21(2)3)19-25-17-30-16-24(25)18-31(4)29(34)38-20-26-9-7-13-36-26/h10-11,15,21,24-26,30H,6-9,12-14,16-20H2,1-5H3/t24?,25-,26+/m0/s1. The zero-order chi connectivity index (χ0) is 27.5. The Morgan fingerprint density at radius 1 is 1.16 bits per heavy atom. The highest BCUT2D eigenvalue weighted by Crippen LogP contribution is 2.25. The van der Waals surface area contributed by atoms with E-state index in [1.54, 1.807) is 19.1 Å². The van der Waals surface area contributed by atoms with Gasteiger partial charge < -0.3 is 34.1 Å². The Kier molecular flexibility index (Phi) is 12.1. The van der Waals surface area contributed by atoms with Crippen molar-refractivity contribution in [1.82, 2.24) is 15.1 Å². The fourth-order valence-electron chi connectivity index (χ4n) is 5.14. The lowest BCUT2D eigenvalue weighted by molar-refractivity contribution is 0.0303. The van der Waals surface area contributed by atoms with Crippen molar-refractivity contribution in [3.05, 3.63) is 29.3 Å². The van der Waals surface area contributed by atoms with Crippen LogP contribution in [0.25, 0.3) is 0 Å². The van der Waals surface area contributed by atoms with E-state index in [1.807, 2.05) is 36.9 Å². The Morgan fingerprint density at radius 3 is 2.58 bits per heavy atom. The summed E-state index contributed by atoms with van der Waals surface area (Å²) in [6.07, 6.45) is 3.28. The highest BCUT2D eigenvalue weighted by molar-refractivity contribution is 5.95. The summed E-state index contributed by atoms with van der Waals surface area (Å²) in [7, 11) is 3.46. The average molecular weight is 534 g/mol. The van der Waals surface area contributed by atoms with Crippen LogP contribution in [0.4, 0.5) is 4.79 Å². The van der Waals surface area contributed by atoms with E-state index < -0.39 is 0 Å². The first kappa shape index (κ1) is 30.2. The topological polar surface area (TPSA) is 89.6 Å². The van der Waals surface area contributed by atoms with Gasteiger partial charge in [-0.2, -0.15) is 0 Å². The van der Waals surface area contributed by atoms with Crippen LogP contribution in [0, 0.1) is 11.8 Å². The Bertz CT molecular complexity index is 889. The molecule has 214 valence electrons. The molecule has 1 unspecified atom stereocenters. The molecule has 0 radical (unpaired) electrons. The van der Waals surface area contributed by atoms with E-state index in [9.17, 15) is 9.59 Å². The van der Waals surface area contributed by atoms with Crippen molar-refractivity contribution >= 4 is 12.0 Å². The zero-order valence-corrected chi connectivity index (χ0v) is 23.9. The molecule has 1 aromatic rings. The normalized spacial score (nSPS) is 21.1. The second-order valence-corrected chi connectivity index (χ2v) is 10.7. The lowest BCUT2D eigenvalue weighted by Crippen LogP contribution is -2.44. The number of amides is 2. The summed E-state index contributed by atoms with van der Waals surface area (Å²) in [4.78, 5) is 29.8. The number of nitrogens with zero attached hydrogens (tertiary/aromatic N) is 2. The van der Waals surface area contributed by atoms with Crippen LogP contribution < -0.4 is 10.1 Å². The predicted octanol–water partition coefficient (Wildman–Crippen LogP) is 3.60. The number of rotatable bonds is 14. The highest BCUT2D eigenvalue weighted by atomic mass is 16.6. The molecule has 2 saturated heterocycles. The molecule has 0 spiro atoms. The van der Waals surface area contributed by atoms with Gasteiger partial charge in [-0.05, 0) is 62.6 Å². The van der Waals surface area contributed by atoms with E-state index in [0.717, 1.165) is 56.7 Å². The van der Waals surface area contributed by atoms with Crippen molar-refractivity contribution < 1.29 is 28.5 Å². The molecule has 2 heterocycles. The minimum Gasteiger partial charge on any atom is -0.493 e. The first-order valence-corrected chi connectivity index (χ1v) is 14.1. The summed E-state index contributed by atoms with van der Waals surface area (Å²) in [5.74, 6) is 1.22. The SMILES string of the molecule is CCc1ccc(C(=O)N(C[C@@H]2CNCC2CN(C)C(=O)OC[C@H]2CCCO2)C(C)C)cc1OCCCOC. The number of aryl methyl sites for hydroxylation is 1. The maximum absolute atomic E-state index is 13.7. The molecule has 2 aliphatic heterocycles. The largest absolute Gasteiger partial charge is 0.493 e. The third kappa shape index (κ3) is 8.58. The third-order valence-electron chi connectivity index (χ3n) is 7.48. The van der Waals surface area contributed by atoms with Gasteiger partial charge in [0.15, 0.2) is 0 Å². The number of hydrogen-bond acceptors (Lipinski definition) is 7. The number of ether oxygens (including phenoxy) is 4. The summed E-state index contributed by atoms with van der Waals surface area (Å²) in [5.41, 5.74) is 1.72. The number of hydrogen-bond donors (Lipinski definition) is 1. The molecule has 3 atom stereocenters. The van der Waals surface area contributed by atoms with Crippen molar-refractivity contribution in [1.29, 1.82) is 0 Å². The number of carbonyl (C=O) groups excluding carboxylic acids is 2. The van der Waals surface area contributed by atoms with Gasteiger partial charge >= 0.3 is 6.09 Å². The van der Waals surface area contributed by atoms with Crippen molar-refractivity contribution in [3.8, 4) is 5.75 Å². The van der Waals surface area contributed by atoms with Crippen molar-refractivity contribution in [2.75, 3.05) is 66.8 Å². The molecule has 0 saturated carbocycles. The molecule has 1 aromatic carbocycles. The third-order valence-corrected chi connectivity index (χ3v) is 7.48. The minimum absolute atomic E-state index is 0.000581. The lowest BCUT2D eigenvalue weighted by Gasteiger charge is -2.32. The van der Waals surface area contributed by atoms with Crippen molar-refractivity contribution in [2.24, 2.45) is 11.8 Å². The van der Waals surface area contributed by atoms with E-state index in [4.69, 9.17) is 18.9 Å². The van der Waals surface area contributed by atoms with Crippen LogP contribution >= 0.6 is 0 Å². The minimum atomic E-state index is -0.322. The highest BCUT2D eigenvalue weighted by Gasteiger charge is 2.33. The predicted molar refractivity (Wildman–Crippen MR) is 147 cm³/mol. The van der Waals surface area contributed by atoms with E-state index in [2.05, 4.69) is 12.2 Å². The lowest BCUT2D eigenvalue weighted by atomic mass is 9.94. The van der Waals surface area contributed by atoms with Crippen LogP contribution in [-0.2, 0) is 20.6 Å². The van der Waals surface area contributed by atoms with E-state index in [0.29, 0.717) is 38.5 Å². The van der Waals surface area contributed by atoms with Crippen LogP contribution in [-0.4, -0.2) is 101 Å². The molecule has 9 nitrogen and oxygen atoms in total. The molecule has 0 aromatic heterocycles. The Morgan fingerprint density at radius 2 is 1.92 bits per heavy atom. The fourth-order valence-corrected chi connectivity index (χ4v) is 5.14. The maximum atomic E-state index is 13.7. The molecule has 38 heavy (non-hydrogen) atoms. The van der Waals surface area contributed by atoms with E-state index >= 15 is 0 Å². The van der Waals surface area contributed by atoms with Crippen LogP contribution in [0.1, 0.15) is 56.0 Å². The zero-order valence-electron chi connectivity index (χ0n) is 23.9. The van der Waals surface area contributed by atoms with Gasteiger partial charge in [0, 0.05) is 71.6 Å². The molecule has 2 fully saturated rings. The number of carbonyl (C=O) groups is 2. The fraction of sp³-hybridized carbons (Fsp3) is 0.724. The van der Waals surface area contributed by atoms with Gasteiger partial charge in [0.05, 0.1) is 12.7 Å². The Balaban J connectivity index is 1.61. The van der Waals surface area contributed by atoms with E-state index in [-0.39, 0.29) is 36.0 Å². The summed E-state index contributed by atoms with van der Waals surface area (Å²) in [5, 5.41) is 3.46. The first-order valence-electron chi connectivity index (χ1n) is 14.1. The molecule has 0 aliphatic carbocycles. The summed E-state index contributed by atoms with van der Waals surface area (Å²) in [6, 6.07) is 5.82. The first-order chi connectivity index (χ1) is 18.3. The molecule has 0 bridgehead atoms. The molecule has 9 heteroatoms. The molecular formula is C29H47N3O6. The van der Waals surface area contributed by atoms with Crippen LogP contribution in [0.3, 0.4) is 0 Å². The summed E-state index contributed by atoms with van der Waals surface area (Å²) >= 11 is 0. The van der Waals surface area contributed by atoms with Crippen LogP contribution in [0.15, 0.2) is 18.2 Å². The van der Waals surface area contributed by atoms with Gasteiger partial charge in [-0.1, -0.05) is 13.0 Å². The molecule has 1 N–H and O–H groups in total. The van der Waals surface area contributed by atoms with Crippen LogP contribution in [0.2, 0.25) is 0 Å².